The highest BCUT2D eigenvalue weighted by atomic mass is 79.9. The van der Waals surface area contributed by atoms with Crippen molar-refractivity contribution in [2.75, 3.05) is 7.11 Å². The fourth-order valence-corrected chi connectivity index (χ4v) is 3.38. The third-order valence-corrected chi connectivity index (χ3v) is 5.07. The average molecular weight is 490 g/mol. The van der Waals surface area contributed by atoms with Crippen LogP contribution in [0, 0.1) is 0 Å². The van der Waals surface area contributed by atoms with E-state index in [1.165, 1.54) is 25.5 Å². The monoisotopic (exact) mass is 488 g/mol. The SMILES string of the molecule is COc1cc(/C=N/NC(=O)c2ccccc2O)cc(Br)c1OCc1ccccc1Cl. The van der Waals surface area contributed by atoms with Gasteiger partial charge in [0.1, 0.15) is 12.4 Å². The molecule has 0 heterocycles. The summed E-state index contributed by atoms with van der Waals surface area (Å²) in [5, 5.41) is 14.3. The zero-order valence-electron chi connectivity index (χ0n) is 15.9. The van der Waals surface area contributed by atoms with Crippen molar-refractivity contribution in [2.24, 2.45) is 5.10 Å². The second kappa shape index (κ2) is 10.1. The van der Waals surface area contributed by atoms with Crippen molar-refractivity contribution in [1.29, 1.82) is 0 Å². The molecule has 1 amide bonds. The van der Waals surface area contributed by atoms with Crippen LogP contribution in [0.5, 0.6) is 17.2 Å². The Balaban J connectivity index is 1.72. The summed E-state index contributed by atoms with van der Waals surface area (Å²) in [6.07, 6.45) is 1.46. The van der Waals surface area contributed by atoms with Gasteiger partial charge in [-0.3, -0.25) is 4.79 Å². The van der Waals surface area contributed by atoms with Gasteiger partial charge >= 0.3 is 0 Å². The molecule has 6 nitrogen and oxygen atoms in total. The molecular weight excluding hydrogens is 472 g/mol. The topological polar surface area (TPSA) is 80.2 Å². The van der Waals surface area contributed by atoms with Crippen LogP contribution in [0.1, 0.15) is 21.5 Å². The normalized spacial score (nSPS) is 10.8. The summed E-state index contributed by atoms with van der Waals surface area (Å²) in [7, 11) is 1.53. The van der Waals surface area contributed by atoms with Gasteiger partial charge in [0, 0.05) is 10.6 Å². The number of nitrogens with zero attached hydrogens (tertiary/aromatic N) is 1. The molecule has 0 aliphatic carbocycles. The maximum absolute atomic E-state index is 12.1. The fraction of sp³-hybridized carbons (Fsp3) is 0.0909. The van der Waals surface area contributed by atoms with Crippen molar-refractivity contribution in [3.63, 3.8) is 0 Å². The number of methoxy groups -OCH3 is 1. The zero-order valence-corrected chi connectivity index (χ0v) is 18.3. The standard InChI is InChI=1S/C22H18BrClN2O4/c1-29-20-11-14(12-25-26-22(28)16-7-3-5-9-19(16)27)10-17(23)21(20)30-13-15-6-2-4-8-18(15)24/h2-12,27H,13H2,1H3,(H,26,28)/b25-12+. The van der Waals surface area contributed by atoms with Crippen LogP contribution in [0.25, 0.3) is 0 Å². The minimum atomic E-state index is -0.518. The van der Waals surface area contributed by atoms with Gasteiger partial charge in [-0.1, -0.05) is 41.9 Å². The number of halogens is 2. The minimum Gasteiger partial charge on any atom is -0.507 e. The van der Waals surface area contributed by atoms with Crippen LogP contribution >= 0.6 is 27.5 Å². The number of nitrogens with one attached hydrogen (secondary N) is 1. The number of para-hydroxylation sites is 1. The van der Waals surface area contributed by atoms with Crippen LogP contribution in [0.15, 0.2) is 70.2 Å². The van der Waals surface area contributed by atoms with Crippen molar-refractivity contribution in [3.8, 4) is 17.2 Å². The molecule has 0 aliphatic heterocycles. The number of carbonyl (C=O) groups is 1. The highest BCUT2D eigenvalue weighted by molar-refractivity contribution is 9.10. The summed E-state index contributed by atoms with van der Waals surface area (Å²) in [4.78, 5) is 12.1. The number of rotatable bonds is 7. The van der Waals surface area contributed by atoms with Gasteiger partial charge in [-0.15, -0.1) is 0 Å². The van der Waals surface area contributed by atoms with Gasteiger partial charge in [-0.05, 0) is 51.8 Å². The molecular formula is C22H18BrClN2O4. The summed E-state index contributed by atoms with van der Waals surface area (Å²) < 4.78 is 12.0. The first-order valence-corrected chi connectivity index (χ1v) is 10.0. The van der Waals surface area contributed by atoms with Crippen LogP contribution in [0.3, 0.4) is 0 Å². The van der Waals surface area contributed by atoms with E-state index in [4.69, 9.17) is 21.1 Å². The van der Waals surface area contributed by atoms with E-state index in [0.29, 0.717) is 26.6 Å². The largest absolute Gasteiger partial charge is 0.507 e. The summed E-state index contributed by atoms with van der Waals surface area (Å²) >= 11 is 9.65. The van der Waals surface area contributed by atoms with Crippen molar-refractivity contribution in [2.45, 2.75) is 6.61 Å². The third kappa shape index (κ3) is 5.31. The number of hydrogen-bond acceptors (Lipinski definition) is 5. The Kier molecular flexibility index (Phi) is 7.32. The van der Waals surface area contributed by atoms with Crippen molar-refractivity contribution in [3.05, 3.63) is 86.8 Å². The highest BCUT2D eigenvalue weighted by Gasteiger charge is 2.13. The fourth-order valence-electron chi connectivity index (χ4n) is 2.61. The van der Waals surface area contributed by atoms with Crippen LogP contribution in [0.4, 0.5) is 0 Å². The van der Waals surface area contributed by atoms with Gasteiger partial charge in [-0.25, -0.2) is 5.43 Å². The number of hydrazone groups is 1. The van der Waals surface area contributed by atoms with Crippen molar-refractivity contribution >= 4 is 39.7 Å². The molecule has 0 saturated heterocycles. The molecule has 0 aliphatic rings. The quantitative estimate of drug-likeness (QED) is 0.355. The Hall–Kier alpha value is -3.03. The first kappa shape index (κ1) is 21.7. The van der Waals surface area contributed by atoms with E-state index in [2.05, 4.69) is 26.5 Å². The maximum atomic E-state index is 12.1. The number of carbonyl (C=O) groups excluding carboxylic acids is 1. The number of ether oxygens (including phenoxy) is 2. The second-order valence-electron chi connectivity index (χ2n) is 6.13. The van der Waals surface area contributed by atoms with Crippen LogP contribution < -0.4 is 14.9 Å². The van der Waals surface area contributed by atoms with E-state index >= 15 is 0 Å². The van der Waals surface area contributed by atoms with Gasteiger partial charge in [-0.2, -0.15) is 5.10 Å². The molecule has 0 saturated carbocycles. The lowest BCUT2D eigenvalue weighted by Gasteiger charge is -2.14. The Morgan fingerprint density at radius 2 is 1.93 bits per heavy atom. The maximum Gasteiger partial charge on any atom is 0.275 e. The van der Waals surface area contributed by atoms with E-state index in [9.17, 15) is 9.90 Å². The molecule has 3 rings (SSSR count). The molecule has 0 aromatic heterocycles. The van der Waals surface area contributed by atoms with Crippen LogP contribution in [-0.4, -0.2) is 24.3 Å². The smallest absolute Gasteiger partial charge is 0.275 e. The number of phenols is 1. The van der Waals surface area contributed by atoms with Gasteiger partial charge in [0.25, 0.3) is 5.91 Å². The van der Waals surface area contributed by atoms with E-state index in [1.54, 1.807) is 30.3 Å². The predicted octanol–water partition coefficient (Wildman–Crippen LogP) is 5.16. The van der Waals surface area contributed by atoms with Gasteiger partial charge < -0.3 is 14.6 Å². The van der Waals surface area contributed by atoms with E-state index in [1.807, 2.05) is 18.2 Å². The molecule has 0 bridgehead atoms. The molecule has 8 heteroatoms. The molecule has 154 valence electrons. The summed E-state index contributed by atoms with van der Waals surface area (Å²) in [6, 6.07) is 17.2. The van der Waals surface area contributed by atoms with E-state index in [0.717, 1.165) is 5.56 Å². The predicted molar refractivity (Wildman–Crippen MR) is 120 cm³/mol. The first-order valence-electron chi connectivity index (χ1n) is 8.84. The summed E-state index contributed by atoms with van der Waals surface area (Å²) in [5.41, 5.74) is 4.04. The summed E-state index contributed by atoms with van der Waals surface area (Å²) in [5.74, 6) is 0.377. The first-order chi connectivity index (χ1) is 14.5. The minimum absolute atomic E-state index is 0.116. The molecule has 0 unspecified atom stereocenters. The van der Waals surface area contributed by atoms with Gasteiger partial charge in [0.05, 0.1) is 23.4 Å². The summed E-state index contributed by atoms with van der Waals surface area (Å²) in [6.45, 7) is 0.276. The molecule has 0 atom stereocenters. The molecule has 0 radical (unpaired) electrons. The van der Waals surface area contributed by atoms with Gasteiger partial charge in [0.15, 0.2) is 11.5 Å². The zero-order chi connectivity index (χ0) is 21.5. The Bertz CT molecular complexity index is 1090. The molecule has 3 aromatic rings. The molecule has 3 aromatic carbocycles. The molecule has 30 heavy (non-hydrogen) atoms. The van der Waals surface area contributed by atoms with Crippen LogP contribution in [-0.2, 0) is 6.61 Å². The lowest BCUT2D eigenvalue weighted by molar-refractivity contribution is 0.0952. The lowest BCUT2D eigenvalue weighted by Crippen LogP contribution is -2.17. The van der Waals surface area contributed by atoms with Crippen molar-refractivity contribution < 1.29 is 19.4 Å². The Morgan fingerprint density at radius 1 is 1.20 bits per heavy atom. The Labute approximate surface area is 187 Å². The van der Waals surface area contributed by atoms with Crippen molar-refractivity contribution in [1.82, 2.24) is 5.43 Å². The van der Waals surface area contributed by atoms with E-state index in [-0.39, 0.29) is 17.9 Å². The number of aromatic hydroxyl groups is 1. The molecule has 2 N–H and O–H groups in total. The molecule has 0 fully saturated rings. The second-order valence-corrected chi connectivity index (χ2v) is 7.39. The highest BCUT2D eigenvalue weighted by Crippen LogP contribution is 2.37. The third-order valence-electron chi connectivity index (χ3n) is 4.11. The molecule has 0 spiro atoms. The average Bonchev–Trinajstić information content (AvgIpc) is 2.74. The lowest BCUT2D eigenvalue weighted by atomic mass is 10.2. The number of amides is 1. The Morgan fingerprint density at radius 3 is 2.67 bits per heavy atom. The number of hydrogen-bond donors (Lipinski definition) is 2. The van der Waals surface area contributed by atoms with E-state index < -0.39 is 5.91 Å². The number of phenolic OH excluding ortho intramolecular Hbond substituents is 1. The van der Waals surface area contributed by atoms with Gasteiger partial charge in [0.2, 0.25) is 0 Å². The number of benzene rings is 3. The van der Waals surface area contributed by atoms with Crippen LogP contribution in [0.2, 0.25) is 5.02 Å².